The molecule has 2 aromatic rings. The van der Waals surface area contributed by atoms with Crippen molar-refractivity contribution in [2.75, 3.05) is 13.1 Å². The first-order valence-corrected chi connectivity index (χ1v) is 11.0. The highest BCUT2D eigenvalue weighted by Crippen LogP contribution is 2.33. The molecular formula is C18H26N4O6S. The Kier molecular flexibility index (Phi) is 7.68. The van der Waals surface area contributed by atoms with E-state index in [-0.39, 0.29) is 29.6 Å². The zero-order valence-electron chi connectivity index (χ0n) is 17.0. The van der Waals surface area contributed by atoms with Gasteiger partial charge in [-0.1, -0.05) is 32.3 Å². The molecular weight excluding hydrogens is 400 g/mol. The van der Waals surface area contributed by atoms with Gasteiger partial charge in [-0.05, 0) is 25.5 Å². The molecule has 0 aliphatic heterocycles. The predicted molar refractivity (Wildman–Crippen MR) is 105 cm³/mol. The molecule has 29 heavy (non-hydrogen) atoms. The Morgan fingerprint density at radius 2 is 1.97 bits per heavy atom. The van der Waals surface area contributed by atoms with Crippen molar-refractivity contribution in [1.29, 1.82) is 0 Å². The van der Waals surface area contributed by atoms with Gasteiger partial charge < -0.3 is 9.26 Å². The first-order chi connectivity index (χ1) is 13.7. The molecule has 1 atom stereocenters. The lowest BCUT2D eigenvalue weighted by Gasteiger charge is -2.18. The highest BCUT2D eigenvalue weighted by atomic mass is 32.2. The van der Waals surface area contributed by atoms with Crippen molar-refractivity contribution in [3.8, 4) is 5.75 Å². The van der Waals surface area contributed by atoms with E-state index in [0.29, 0.717) is 12.2 Å². The van der Waals surface area contributed by atoms with E-state index in [1.54, 1.807) is 20.8 Å². The Morgan fingerprint density at radius 3 is 2.55 bits per heavy atom. The van der Waals surface area contributed by atoms with Gasteiger partial charge in [0.2, 0.25) is 10.0 Å². The Balaban J connectivity index is 2.29. The lowest BCUT2D eigenvalue weighted by atomic mass is 10.2. The highest BCUT2D eigenvalue weighted by Gasteiger charge is 2.27. The molecule has 160 valence electrons. The van der Waals surface area contributed by atoms with E-state index in [1.165, 1.54) is 16.4 Å². The van der Waals surface area contributed by atoms with Crippen molar-refractivity contribution < 1.29 is 22.6 Å². The molecule has 0 bridgehead atoms. The van der Waals surface area contributed by atoms with E-state index >= 15 is 0 Å². The van der Waals surface area contributed by atoms with Crippen LogP contribution in [-0.2, 0) is 16.4 Å². The molecule has 1 aromatic heterocycles. The topological polar surface area (TPSA) is 129 Å². The van der Waals surface area contributed by atoms with Gasteiger partial charge in [0.25, 0.3) is 5.89 Å². The lowest BCUT2D eigenvalue weighted by Crippen LogP contribution is -2.30. The largest absolute Gasteiger partial charge is 0.474 e. The Hall–Kier alpha value is -2.53. The molecule has 0 unspecified atom stereocenters. The molecule has 0 fully saturated rings. The van der Waals surface area contributed by atoms with Crippen LogP contribution in [0.4, 0.5) is 5.69 Å². The second-order valence-corrected chi connectivity index (χ2v) is 8.33. The smallest absolute Gasteiger partial charge is 0.312 e. The summed E-state index contributed by atoms with van der Waals surface area (Å²) in [5, 5.41) is 15.4. The number of nitrogens with zero attached hydrogens (tertiary/aromatic N) is 4. The summed E-state index contributed by atoms with van der Waals surface area (Å²) in [5.41, 5.74) is -0.448. The fraction of sp³-hybridized carbons (Fsp3) is 0.556. The third-order valence-electron chi connectivity index (χ3n) is 4.36. The summed E-state index contributed by atoms with van der Waals surface area (Å²) >= 11 is 0. The quantitative estimate of drug-likeness (QED) is 0.394. The van der Waals surface area contributed by atoms with Gasteiger partial charge in [-0.25, -0.2) is 8.42 Å². The minimum atomic E-state index is -3.83. The molecule has 0 radical (unpaired) electrons. The van der Waals surface area contributed by atoms with Gasteiger partial charge in [-0.2, -0.15) is 9.29 Å². The SMILES string of the molecule is CCCCc1noc([C@@H](C)Oc2ccc(S(=O)(=O)N(CC)CC)cc2[N+](=O)[O-])n1. The van der Waals surface area contributed by atoms with Gasteiger partial charge >= 0.3 is 5.69 Å². The minimum absolute atomic E-state index is 0.0747. The molecule has 0 aliphatic carbocycles. The summed E-state index contributed by atoms with van der Waals surface area (Å²) < 4.78 is 37.3. The molecule has 0 saturated carbocycles. The van der Waals surface area contributed by atoms with Crippen LogP contribution >= 0.6 is 0 Å². The van der Waals surface area contributed by atoms with Crippen molar-refractivity contribution in [1.82, 2.24) is 14.4 Å². The second-order valence-electron chi connectivity index (χ2n) is 6.39. The maximum atomic E-state index is 12.6. The summed E-state index contributed by atoms with van der Waals surface area (Å²) in [4.78, 5) is 14.9. The molecule has 0 spiro atoms. The van der Waals surface area contributed by atoms with Crippen LogP contribution in [0, 0.1) is 10.1 Å². The molecule has 1 aromatic carbocycles. The first kappa shape index (κ1) is 22.8. The van der Waals surface area contributed by atoms with E-state index in [9.17, 15) is 18.5 Å². The number of hydrogen-bond acceptors (Lipinski definition) is 8. The molecule has 10 nitrogen and oxygen atoms in total. The van der Waals surface area contributed by atoms with Crippen molar-refractivity contribution in [2.45, 2.75) is 58.0 Å². The van der Waals surface area contributed by atoms with Crippen molar-refractivity contribution in [3.05, 3.63) is 40.0 Å². The van der Waals surface area contributed by atoms with Crippen LogP contribution in [0.5, 0.6) is 5.75 Å². The number of aromatic nitrogens is 2. The third kappa shape index (κ3) is 5.30. The summed E-state index contributed by atoms with van der Waals surface area (Å²) in [6, 6.07) is 3.58. The highest BCUT2D eigenvalue weighted by molar-refractivity contribution is 7.89. The average molecular weight is 426 g/mol. The van der Waals surface area contributed by atoms with Crippen LogP contribution in [-0.4, -0.2) is 40.9 Å². The second kappa shape index (κ2) is 9.79. The number of hydrogen-bond donors (Lipinski definition) is 0. The van der Waals surface area contributed by atoms with Crippen LogP contribution in [0.2, 0.25) is 0 Å². The number of unbranched alkanes of at least 4 members (excludes halogenated alkanes) is 1. The number of sulfonamides is 1. The zero-order chi connectivity index (χ0) is 21.6. The van der Waals surface area contributed by atoms with Crippen LogP contribution in [0.1, 0.15) is 58.4 Å². The minimum Gasteiger partial charge on any atom is -0.474 e. The summed E-state index contributed by atoms with van der Waals surface area (Å²) in [6.45, 7) is 7.61. The van der Waals surface area contributed by atoms with Gasteiger partial charge in [0.1, 0.15) is 0 Å². The molecule has 1 heterocycles. The first-order valence-electron chi connectivity index (χ1n) is 9.52. The van der Waals surface area contributed by atoms with Crippen molar-refractivity contribution in [3.63, 3.8) is 0 Å². The van der Waals surface area contributed by atoms with Crippen LogP contribution in [0.25, 0.3) is 0 Å². The number of aryl methyl sites for hydroxylation is 1. The normalized spacial score (nSPS) is 12.9. The van der Waals surface area contributed by atoms with Crippen LogP contribution in [0.15, 0.2) is 27.6 Å². The summed E-state index contributed by atoms with van der Waals surface area (Å²) in [7, 11) is -3.83. The molecule has 0 aliphatic rings. The van der Waals surface area contributed by atoms with E-state index in [4.69, 9.17) is 9.26 Å². The number of benzene rings is 1. The monoisotopic (exact) mass is 426 g/mol. The number of ether oxygens (including phenoxy) is 1. The maximum Gasteiger partial charge on any atom is 0.312 e. The Bertz CT molecular complexity index is 940. The molecule has 0 amide bonds. The predicted octanol–water partition coefficient (Wildman–Crippen LogP) is 3.49. The van der Waals surface area contributed by atoms with Gasteiger partial charge in [0.05, 0.1) is 9.82 Å². The molecule has 2 rings (SSSR count). The third-order valence-corrected chi connectivity index (χ3v) is 6.41. The fourth-order valence-electron chi connectivity index (χ4n) is 2.72. The van der Waals surface area contributed by atoms with E-state index in [1.807, 2.05) is 0 Å². The standard InChI is InChI=1S/C18H26N4O6S/c1-5-8-9-17-19-18(28-20-17)13(4)27-16-11-10-14(12-15(16)22(23)24)29(25,26)21(6-2)7-3/h10-13H,5-9H2,1-4H3/t13-/m1/s1. The van der Waals surface area contributed by atoms with Gasteiger partial charge in [0, 0.05) is 25.6 Å². The molecule has 0 N–H and O–H groups in total. The van der Waals surface area contributed by atoms with Gasteiger partial charge in [-0.15, -0.1) is 0 Å². The Labute approximate surface area is 170 Å². The lowest BCUT2D eigenvalue weighted by molar-refractivity contribution is -0.386. The number of rotatable bonds is 11. The van der Waals surface area contributed by atoms with Crippen LogP contribution < -0.4 is 4.74 Å². The zero-order valence-corrected chi connectivity index (χ0v) is 17.8. The van der Waals surface area contributed by atoms with Gasteiger partial charge in [0.15, 0.2) is 17.7 Å². The van der Waals surface area contributed by atoms with Crippen LogP contribution in [0.3, 0.4) is 0 Å². The fourth-order valence-corrected chi connectivity index (χ4v) is 4.20. The number of nitro benzene ring substituents is 1. The maximum absolute atomic E-state index is 12.6. The summed E-state index contributed by atoms with van der Waals surface area (Å²) in [6.07, 6.45) is 1.85. The van der Waals surface area contributed by atoms with Crippen molar-refractivity contribution >= 4 is 15.7 Å². The number of nitro groups is 1. The van der Waals surface area contributed by atoms with Crippen molar-refractivity contribution in [2.24, 2.45) is 0 Å². The van der Waals surface area contributed by atoms with E-state index in [2.05, 4.69) is 17.1 Å². The van der Waals surface area contributed by atoms with Gasteiger partial charge in [-0.3, -0.25) is 10.1 Å². The summed E-state index contributed by atoms with van der Waals surface area (Å²) in [5.74, 6) is 0.673. The molecule has 11 heteroatoms. The average Bonchev–Trinajstić information content (AvgIpc) is 3.16. The van der Waals surface area contributed by atoms with E-state index in [0.717, 1.165) is 18.9 Å². The Morgan fingerprint density at radius 1 is 1.28 bits per heavy atom. The van der Waals surface area contributed by atoms with E-state index < -0.39 is 26.7 Å². The molecule has 0 saturated heterocycles.